The summed E-state index contributed by atoms with van der Waals surface area (Å²) in [6.07, 6.45) is 5.83. The predicted molar refractivity (Wildman–Crippen MR) is 81.9 cm³/mol. The van der Waals surface area contributed by atoms with Gasteiger partial charge in [-0.2, -0.15) is 5.10 Å². The van der Waals surface area contributed by atoms with Crippen LogP contribution in [0.4, 0.5) is 0 Å². The minimum absolute atomic E-state index is 0.0806. The zero-order valence-corrected chi connectivity index (χ0v) is 13.1. The number of piperidine rings is 1. The third-order valence-electron chi connectivity index (χ3n) is 4.71. The molecule has 1 aromatic heterocycles. The molecule has 1 fully saturated rings. The fraction of sp³-hybridized carbons (Fsp3) is 0.812. The molecule has 2 heterocycles. The first-order chi connectivity index (χ1) is 9.48. The van der Waals surface area contributed by atoms with Crippen molar-refractivity contribution in [2.75, 3.05) is 13.1 Å². The van der Waals surface area contributed by atoms with Crippen LogP contribution in [0.3, 0.4) is 0 Å². The Balaban J connectivity index is 2.06. The lowest BCUT2D eigenvalue weighted by Gasteiger charge is -2.27. The van der Waals surface area contributed by atoms with Gasteiger partial charge in [0, 0.05) is 22.7 Å². The number of nitrogens with zero attached hydrogens (tertiary/aromatic N) is 2. The molecule has 0 aromatic carbocycles. The monoisotopic (exact) mass is 276 g/mol. The van der Waals surface area contributed by atoms with Gasteiger partial charge in [-0.3, -0.25) is 4.68 Å². The highest BCUT2D eigenvalue weighted by atomic mass is 15.3. The lowest BCUT2D eigenvalue weighted by atomic mass is 9.82. The second kappa shape index (κ2) is 5.15. The Bertz CT molecular complexity index is 477. The maximum absolute atomic E-state index is 6.42. The van der Waals surface area contributed by atoms with Crippen molar-refractivity contribution in [3.63, 3.8) is 0 Å². The van der Waals surface area contributed by atoms with E-state index in [1.807, 2.05) is 0 Å². The minimum atomic E-state index is 0.0806. The number of fused-ring (bicyclic) bond motifs is 1. The van der Waals surface area contributed by atoms with Crippen LogP contribution >= 0.6 is 0 Å². The van der Waals surface area contributed by atoms with Crippen LogP contribution in [0, 0.1) is 0 Å². The first-order valence-corrected chi connectivity index (χ1v) is 8.06. The van der Waals surface area contributed by atoms with Crippen molar-refractivity contribution >= 4 is 0 Å². The Morgan fingerprint density at radius 2 is 1.90 bits per heavy atom. The van der Waals surface area contributed by atoms with Crippen LogP contribution in [0.15, 0.2) is 0 Å². The van der Waals surface area contributed by atoms with E-state index in [0.717, 1.165) is 25.9 Å². The topological polar surface area (TPSA) is 55.9 Å². The van der Waals surface area contributed by atoms with Crippen molar-refractivity contribution < 1.29 is 0 Å². The Morgan fingerprint density at radius 3 is 2.55 bits per heavy atom. The molecule has 1 unspecified atom stereocenters. The molecular formula is C16H28N4. The summed E-state index contributed by atoms with van der Waals surface area (Å²) in [6.45, 7) is 8.98. The molecule has 4 nitrogen and oxygen atoms in total. The van der Waals surface area contributed by atoms with Gasteiger partial charge in [0.05, 0.1) is 11.7 Å². The van der Waals surface area contributed by atoms with Crippen molar-refractivity contribution in [1.29, 1.82) is 0 Å². The fourth-order valence-electron chi connectivity index (χ4n) is 3.66. The summed E-state index contributed by atoms with van der Waals surface area (Å²) >= 11 is 0. The van der Waals surface area contributed by atoms with Crippen molar-refractivity contribution in [2.45, 2.75) is 70.4 Å². The van der Waals surface area contributed by atoms with Crippen LogP contribution in [0.25, 0.3) is 0 Å². The number of hydrogen-bond acceptors (Lipinski definition) is 3. The van der Waals surface area contributed by atoms with Crippen LogP contribution < -0.4 is 11.1 Å². The standard InChI is InChI=1S/C16H28N4/c1-16(2,3)15-14-12(17)5-4-6-13(14)20(19-15)11-7-9-18-10-8-11/h11-12,18H,4-10,17H2,1-3H3. The molecule has 1 aliphatic carbocycles. The zero-order valence-electron chi connectivity index (χ0n) is 13.1. The van der Waals surface area contributed by atoms with Crippen molar-refractivity contribution in [3.8, 4) is 0 Å². The highest BCUT2D eigenvalue weighted by Gasteiger charge is 2.33. The first kappa shape index (κ1) is 14.1. The molecule has 112 valence electrons. The maximum atomic E-state index is 6.42. The molecular weight excluding hydrogens is 248 g/mol. The number of nitrogens with one attached hydrogen (secondary N) is 1. The summed E-state index contributed by atoms with van der Waals surface area (Å²) in [4.78, 5) is 0. The van der Waals surface area contributed by atoms with Gasteiger partial charge in [-0.15, -0.1) is 0 Å². The normalized spacial score (nSPS) is 24.7. The highest BCUT2D eigenvalue weighted by molar-refractivity contribution is 5.36. The second-order valence-corrected chi connectivity index (χ2v) is 7.38. The Morgan fingerprint density at radius 1 is 1.20 bits per heavy atom. The van der Waals surface area contributed by atoms with E-state index in [0.29, 0.717) is 6.04 Å². The van der Waals surface area contributed by atoms with Crippen LogP contribution in [0.2, 0.25) is 0 Å². The summed E-state index contributed by atoms with van der Waals surface area (Å²) in [5, 5.41) is 8.49. The SMILES string of the molecule is CC(C)(C)c1nn(C2CCNCC2)c2c1C(N)CCC2. The zero-order chi connectivity index (χ0) is 14.3. The number of aromatic nitrogens is 2. The molecule has 0 saturated carbocycles. The van der Waals surface area contributed by atoms with Gasteiger partial charge >= 0.3 is 0 Å². The van der Waals surface area contributed by atoms with Gasteiger partial charge in [0.25, 0.3) is 0 Å². The molecule has 2 aliphatic rings. The minimum Gasteiger partial charge on any atom is -0.324 e. The summed E-state index contributed by atoms with van der Waals surface area (Å²) in [7, 11) is 0. The molecule has 1 aliphatic heterocycles. The quantitative estimate of drug-likeness (QED) is 0.828. The van der Waals surface area contributed by atoms with Crippen LogP contribution in [0.5, 0.6) is 0 Å². The van der Waals surface area contributed by atoms with E-state index >= 15 is 0 Å². The van der Waals surface area contributed by atoms with Crippen LogP contribution in [-0.2, 0) is 11.8 Å². The summed E-state index contributed by atoms with van der Waals surface area (Å²) < 4.78 is 2.34. The number of nitrogens with two attached hydrogens (primary N) is 1. The van der Waals surface area contributed by atoms with Crippen molar-refractivity contribution in [1.82, 2.24) is 15.1 Å². The molecule has 3 N–H and O–H groups in total. The Labute approximate surface area is 122 Å². The summed E-state index contributed by atoms with van der Waals surface area (Å²) in [5.74, 6) is 0. The van der Waals surface area contributed by atoms with Crippen molar-refractivity contribution in [2.24, 2.45) is 5.73 Å². The molecule has 1 aromatic rings. The molecule has 1 saturated heterocycles. The van der Waals surface area contributed by atoms with E-state index in [2.05, 4.69) is 30.8 Å². The highest BCUT2D eigenvalue weighted by Crippen LogP contribution is 2.38. The molecule has 0 radical (unpaired) electrons. The smallest absolute Gasteiger partial charge is 0.0728 e. The molecule has 0 amide bonds. The average molecular weight is 276 g/mol. The van der Waals surface area contributed by atoms with Gasteiger partial charge < -0.3 is 11.1 Å². The third-order valence-corrected chi connectivity index (χ3v) is 4.71. The van der Waals surface area contributed by atoms with E-state index < -0.39 is 0 Å². The van der Waals surface area contributed by atoms with Gasteiger partial charge in [0.15, 0.2) is 0 Å². The first-order valence-electron chi connectivity index (χ1n) is 8.06. The van der Waals surface area contributed by atoms with E-state index in [1.165, 1.54) is 36.2 Å². The van der Waals surface area contributed by atoms with Gasteiger partial charge in [0.1, 0.15) is 0 Å². The van der Waals surface area contributed by atoms with Gasteiger partial charge in [-0.05, 0) is 45.2 Å². The van der Waals surface area contributed by atoms with E-state index in [1.54, 1.807) is 0 Å². The predicted octanol–water partition coefficient (Wildman–Crippen LogP) is 2.44. The van der Waals surface area contributed by atoms with Crippen LogP contribution in [-0.4, -0.2) is 22.9 Å². The Hall–Kier alpha value is -0.870. The molecule has 0 bridgehead atoms. The summed E-state index contributed by atoms with van der Waals surface area (Å²) in [6, 6.07) is 0.745. The van der Waals surface area contributed by atoms with Crippen molar-refractivity contribution in [3.05, 3.63) is 17.0 Å². The lowest BCUT2D eigenvalue weighted by Crippen LogP contribution is -2.31. The van der Waals surface area contributed by atoms with Gasteiger partial charge in [-0.1, -0.05) is 20.8 Å². The maximum Gasteiger partial charge on any atom is 0.0728 e. The van der Waals surface area contributed by atoms with E-state index in [-0.39, 0.29) is 11.5 Å². The second-order valence-electron chi connectivity index (χ2n) is 7.38. The third kappa shape index (κ3) is 2.40. The van der Waals surface area contributed by atoms with E-state index in [4.69, 9.17) is 10.8 Å². The molecule has 20 heavy (non-hydrogen) atoms. The Kier molecular flexibility index (Phi) is 3.63. The fourth-order valence-corrected chi connectivity index (χ4v) is 3.66. The number of rotatable bonds is 1. The lowest BCUT2D eigenvalue weighted by molar-refractivity contribution is 0.328. The van der Waals surface area contributed by atoms with Gasteiger partial charge in [0.2, 0.25) is 0 Å². The van der Waals surface area contributed by atoms with E-state index in [9.17, 15) is 0 Å². The van der Waals surface area contributed by atoms with Crippen LogP contribution in [0.1, 0.15) is 75.5 Å². The molecule has 4 heteroatoms. The largest absolute Gasteiger partial charge is 0.324 e. The van der Waals surface area contributed by atoms with Gasteiger partial charge in [-0.25, -0.2) is 0 Å². The average Bonchev–Trinajstić information content (AvgIpc) is 2.81. The molecule has 1 atom stereocenters. The molecule has 3 rings (SSSR count). The number of hydrogen-bond donors (Lipinski definition) is 2. The summed E-state index contributed by atoms with van der Waals surface area (Å²) in [5.41, 5.74) is 10.5. The molecule has 0 spiro atoms.